The van der Waals surface area contributed by atoms with E-state index in [1.807, 2.05) is 0 Å². The molecule has 0 unspecified atom stereocenters. The molecule has 0 spiro atoms. The first kappa shape index (κ1) is 9.93. The van der Waals surface area contributed by atoms with Crippen molar-refractivity contribution in [2.24, 2.45) is 5.73 Å². The number of anilines is 1. The standard InChI is InChI=1S/C10H17N3S/c1-2-5-12-10-13-8-4-3-7(11)6-9(8)14-10/h7H,2-6,11H2,1H3,(H,12,13)/t7-/m0/s1. The Kier molecular flexibility index (Phi) is 3.03. The Balaban J connectivity index is 2.07. The molecule has 1 aliphatic carbocycles. The Morgan fingerprint density at radius 2 is 2.50 bits per heavy atom. The summed E-state index contributed by atoms with van der Waals surface area (Å²) in [4.78, 5) is 5.97. The van der Waals surface area contributed by atoms with Crippen molar-refractivity contribution in [1.82, 2.24) is 4.98 Å². The number of nitrogens with zero attached hydrogens (tertiary/aromatic N) is 1. The van der Waals surface area contributed by atoms with Gasteiger partial charge in [0.2, 0.25) is 0 Å². The fourth-order valence-corrected chi connectivity index (χ4v) is 2.83. The minimum atomic E-state index is 0.349. The predicted octanol–water partition coefficient (Wildman–Crippen LogP) is 1.78. The number of thiazole rings is 1. The molecule has 0 bridgehead atoms. The lowest BCUT2D eigenvalue weighted by Gasteiger charge is -2.15. The second-order valence-electron chi connectivity index (χ2n) is 3.82. The highest BCUT2D eigenvalue weighted by Crippen LogP contribution is 2.29. The van der Waals surface area contributed by atoms with Gasteiger partial charge >= 0.3 is 0 Å². The van der Waals surface area contributed by atoms with E-state index < -0.39 is 0 Å². The summed E-state index contributed by atoms with van der Waals surface area (Å²) in [6.45, 7) is 3.18. The zero-order valence-electron chi connectivity index (χ0n) is 8.55. The van der Waals surface area contributed by atoms with Crippen LogP contribution in [0.3, 0.4) is 0 Å². The second-order valence-corrected chi connectivity index (χ2v) is 4.90. The first-order valence-electron chi connectivity index (χ1n) is 5.27. The van der Waals surface area contributed by atoms with Gasteiger partial charge in [-0.15, -0.1) is 11.3 Å². The number of rotatable bonds is 3. The number of hydrogen-bond donors (Lipinski definition) is 2. The van der Waals surface area contributed by atoms with E-state index in [1.54, 1.807) is 11.3 Å². The van der Waals surface area contributed by atoms with E-state index in [1.165, 1.54) is 10.6 Å². The molecule has 14 heavy (non-hydrogen) atoms. The van der Waals surface area contributed by atoms with Crippen LogP contribution in [0.15, 0.2) is 0 Å². The quantitative estimate of drug-likeness (QED) is 0.801. The summed E-state index contributed by atoms with van der Waals surface area (Å²) < 4.78 is 0. The minimum Gasteiger partial charge on any atom is -0.362 e. The van der Waals surface area contributed by atoms with Crippen molar-refractivity contribution in [3.8, 4) is 0 Å². The third kappa shape index (κ3) is 2.07. The lowest BCUT2D eigenvalue weighted by atomic mass is 9.99. The third-order valence-electron chi connectivity index (χ3n) is 2.50. The van der Waals surface area contributed by atoms with Crippen molar-refractivity contribution in [2.45, 2.75) is 38.6 Å². The number of nitrogens with two attached hydrogens (primary N) is 1. The molecule has 0 fully saturated rings. The van der Waals surface area contributed by atoms with Gasteiger partial charge in [-0.05, 0) is 25.7 Å². The maximum atomic E-state index is 5.92. The molecule has 1 aliphatic rings. The SMILES string of the molecule is CCCNc1nc2c(s1)C[C@@H](N)CC2. The highest BCUT2D eigenvalue weighted by atomic mass is 32.1. The fraction of sp³-hybridized carbons (Fsp3) is 0.700. The number of hydrogen-bond acceptors (Lipinski definition) is 4. The van der Waals surface area contributed by atoms with Gasteiger partial charge in [0.1, 0.15) is 0 Å². The fourth-order valence-electron chi connectivity index (χ4n) is 1.71. The summed E-state index contributed by atoms with van der Waals surface area (Å²) >= 11 is 1.78. The van der Waals surface area contributed by atoms with E-state index >= 15 is 0 Å². The molecule has 0 radical (unpaired) electrons. The molecule has 1 aromatic rings. The maximum absolute atomic E-state index is 5.92. The van der Waals surface area contributed by atoms with E-state index in [0.717, 1.165) is 37.4 Å². The molecule has 4 heteroatoms. The Morgan fingerprint density at radius 3 is 3.29 bits per heavy atom. The molecule has 0 saturated carbocycles. The largest absolute Gasteiger partial charge is 0.362 e. The number of nitrogens with one attached hydrogen (secondary N) is 1. The molecular weight excluding hydrogens is 194 g/mol. The monoisotopic (exact) mass is 211 g/mol. The van der Waals surface area contributed by atoms with Gasteiger partial charge in [-0.2, -0.15) is 0 Å². The van der Waals surface area contributed by atoms with Gasteiger partial charge < -0.3 is 11.1 Å². The van der Waals surface area contributed by atoms with Crippen molar-refractivity contribution < 1.29 is 0 Å². The van der Waals surface area contributed by atoms with Crippen LogP contribution in [0, 0.1) is 0 Å². The van der Waals surface area contributed by atoms with Crippen LogP contribution in [0.25, 0.3) is 0 Å². The Bertz CT molecular complexity index is 308. The van der Waals surface area contributed by atoms with Gasteiger partial charge in [-0.3, -0.25) is 0 Å². The molecule has 78 valence electrons. The normalized spacial score (nSPS) is 20.6. The van der Waals surface area contributed by atoms with Gasteiger partial charge in [0.15, 0.2) is 5.13 Å². The van der Waals surface area contributed by atoms with Crippen LogP contribution in [0.1, 0.15) is 30.3 Å². The van der Waals surface area contributed by atoms with Crippen LogP contribution >= 0.6 is 11.3 Å². The van der Waals surface area contributed by atoms with E-state index in [2.05, 4.69) is 17.2 Å². The minimum absolute atomic E-state index is 0.349. The number of aryl methyl sites for hydroxylation is 1. The summed E-state index contributed by atoms with van der Waals surface area (Å²) in [7, 11) is 0. The number of aromatic nitrogens is 1. The van der Waals surface area contributed by atoms with E-state index in [0.29, 0.717) is 6.04 Å². The molecule has 0 aliphatic heterocycles. The average molecular weight is 211 g/mol. The average Bonchev–Trinajstić information content (AvgIpc) is 2.56. The first-order chi connectivity index (χ1) is 6.79. The maximum Gasteiger partial charge on any atom is 0.183 e. The topological polar surface area (TPSA) is 50.9 Å². The molecular formula is C10H17N3S. The summed E-state index contributed by atoms with van der Waals surface area (Å²) in [5, 5.41) is 4.41. The lowest BCUT2D eigenvalue weighted by Crippen LogP contribution is -2.26. The molecule has 0 amide bonds. The smallest absolute Gasteiger partial charge is 0.183 e. The molecule has 2 rings (SSSR count). The van der Waals surface area contributed by atoms with Crippen LogP contribution in [-0.2, 0) is 12.8 Å². The molecule has 0 aromatic carbocycles. The summed E-state index contributed by atoms with van der Waals surface area (Å²) in [5.41, 5.74) is 7.19. The van der Waals surface area contributed by atoms with Gasteiger partial charge in [-0.25, -0.2) is 4.98 Å². The molecule has 0 saturated heterocycles. The lowest BCUT2D eigenvalue weighted by molar-refractivity contribution is 0.576. The Labute approximate surface area is 88.7 Å². The van der Waals surface area contributed by atoms with Gasteiger partial charge in [0.25, 0.3) is 0 Å². The molecule has 1 atom stereocenters. The van der Waals surface area contributed by atoms with E-state index in [9.17, 15) is 0 Å². The number of fused-ring (bicyclic) bond motifs is 1. The highest BCUT2D eigenvalue weighted by molar-refractivity contribution is 7.15. The van der Waals surface area contributed by atoms with Gasteiger partial charge in [0, 0.05) is 17.5 Å². The van der Waals surface area contributed by atoms with Gasteiger partial charge in [0.05, 0.1) is 5.69 Å². The van der Waals surface area contributed by atoms with Crippen LogP contribution in [0.2, 0.25) is 0 Å². The Morgan fingerprint density at radius 1 is 1.64 bits per heavy atom. The second kappa shape index (κ2) is 4.28. The molecule has 1 aromatic heterocycles. The van der Waals surface area contributed by atoms with Crippen molar-refractivity contribution in [2.75, 3.05) is 11.9 Å². The van der Waals surface area contributed by atoms with Crippen molar-refractivity contribution >= 4 is 16.5 Å². The molecule has 3 N–H and O–H groups in total. The predicted molar refractivity (Wildman–Crippen MR) is 60.9 cm³/mol. The first-order valence-corrected chi connectivity index (χ1v) is 6.09. The van der Waals surface area contributed by atoms with E-state index in [-0.39, 0.29) is 0 Å². The summed E-state index contributed by atoms with van der Waals surface area (Å²) in [5.74, 6) is 0. The zero-order chi connectivity index (χ0) is 9.97. The van der Waals surface area contributed by atoms with Crippen LogP contribution in [0.5, 0.6) is 0 Å². The molecule has 3 nitrogen and oxygen atoms in total. The summed E-state index contributed by atoms with van der Waals surface area (Å²) in [6, 6.07) is 0.349. The highest BCUT2D eigenvalue weighted by Gasteiger charge is 2.19. The molecule has 1 heterocycles. The zero-order valence-corrected chi connectivity index (χ0v) is 9.36. The van der Waals surface area contributed by atoms with Crippen LogP contribution in [-0.4, -0.2) is 17.6 Å². The van der Waals surface area contributed by atoms with Crippen molar-refractivity contribution in [3.05, 3.63) is 10.6 Å². The van der Waals surface area contributed by atoms with Gasteiger partial charge in [-0.1, -0.05) is 6.92 Å². The van der Waals surface area contributed by atoms with Crippen LogP contribution in [0.4, 0.5) is 5.13 Å². The van der Waals surface area contributed by atoms with Crippen molar-refractivity contribution in [3.63, 3.8) is 0 Å². The Hall–Kier alpha value is -0.610. The van der Waals surface area contributed by atoms with Crippen LogP contribution < -0.4 is 11.1 Å². The summed E-state index contributed by atoms with van der Waals surface area (Å²) in [6.07, 6.45) is 4.30. The van der Waals surface area contributed by atoms with E-state index in [4.69, 9.17) is 5.73 Å². The van der Waals surface area contributed by atoms with Crippen molar-refractivity contribution in [1.29, 1.82) is 0 Å². The third-order valence-corrected chi connectivity index (χ3v) is 3.58.